The Morgan fingerprint density at radius 3 is 0.953 bits per heavy atom. The standard InChI is InChI=1S/C60H41N3Si/c1-4-20-42(21-5-1)61-59-35-19-14-30-53(59)54-41-47(36-37-60(54)61)64(45-22-6-2-7-23-45,46-24-8-3-9-25-46)48-39-43(62-55-31-15-10-26-49(55)50-27-11-16-32-56(50)62)38-44(40-48)63-57-33-17-12-28-51(57)52-29-13-18-34-58(52)63/h1-41H. The van der Waals surface area contributed by atoms with Crippen LogP contribution in [-0.4, -0.2) is 21.8 Å². The highest BCUT2D eigenvalue weighted by molar-refractivity contribution is 7.20. The molecule has 13 aromatic rings. The van der Waals surface area contributed by atoms with E-state index in [-0.39, 0.29) is 0 Å². The van der Waals surface area contributed by atoms with Crippen molar-refractivity contribution in [3.8, 4) is 17.1 Å². The van der Waals surface area contributed by atoms with Crippen LogP contribution in [0.1, 0.15) is 0 Å². The van der Waals surface area contributed by atoms with Crippen LogP contribution in [0.3, 0.4) is 0 Å². The molecular weight excluding hydrogens is 791 g/mol. The Morgan fingerprint density at radius 1 is 0.203 bits per heavy atom. The summed E-state index contributed by atoms with van der Waals surface area (Å²) in [5.74, 6) is 0. The molecule has 10 aromatic carbocycles. The molecule has 0 fully saturated rings. The molecule has 0 saturated carbocycles. The first-order valence-corrected chi connectivity index (χ1v) is 24.1. The maximum absolute atomic E-state index is 3.17. The van der Waals surface area contributed by atoms with Crippen molar-refractivity contribution in [1.82, 2.24) is 13.7 Å². The molecule has 0 unspecified atom stereocenters. The van der Waals surface area contributed by atoms with Gasteiger partial charge < -0.3 is 13.7 Å². The lowest BCUT2D eigenvalue weighted by Gasteiger charge is -2.35. The van der Waals surface area contributed by atoms with Gasteiger partial charge in [-0.25, -0.2) is 0 Å². The van der Waals surface area contributed by atoms with Crippen LogP contribution in [0.25, 0.3) is 82.5 Å². The molecule has 3 nitrogen and oxygen atoms in total. The lowest BCUT2D eigenvalue weighted by atomic mass is 10.1. The monoisotopic (exact) mass is 831 g/mol. The van der Waals surface area contributed by atoms with Crippen LogP contribution in [0.15, 0.2) is 249 Å². The molecule has 0 aliphatic rings. The Morgan fingerprint density at radius 2 is 0.531 bits per heavy atom. The number of hydrogen-bond donors (Lipinski definition) is 0. The molecule has 0 radical (unpaired) electrons. The summed E-state index contributed by atoms with van der Waals surface area (Å²) in [5, 5.41) is 12.8. The maximum Gasteiger partial charge on any atom is 0.179 e. The van der Waals surface area contributed by atoms with Crippen LogP contribution < -0.4 is 20.7 Å². The second-order valence-electron chi connectivity index (χ2n) is 16.9. The third kappa shape index (κ3) is 5.33. The molecule has 0 spiro atoms. The molecule has 0 bridgehead atoms. The van der Waals surface area contributed by atoms with Crippen molar-refractivity contribution in [3.63, 3.8) is 0 Å². The summed E-state index contributed by atoms with van der Waals surface area (Å²) in [6.45, 7) is 0. The first-order valence-electron chi connectivity index (χ1n) is 22.1. The Labute approximate surface area is 372 Å². The Balaban J connectivity index is 1.20. The molecule has 3 heterocycles. The normalized spacial score (nSPS) is 12.1. The molecule has 64 heavy (non-hydrogen) atoms. The summed E-state index contributed by atoms with van der Waals surface area (Å²) in [7, 11) is -3.17. The van der Waals surface area contributed by atoms with E-state index in [2.05, 4.69) is 262 Å². The third-order valence-electron chi connectivity index (χ3n) is 13.5. The van der Waals surface area contributed by atoms with Crippen LogP contribution in [0, 0.1) is 0 Å². The second-order valence-corrected chi connectivity index (χ2v) is 20.7. The summed E-state index contributed by atoms with van der Waals surface area (Å²) < 4.78 is 7.42. The average Bonchev–Trinajstić information content (AvgIpc) is 4.01. The van der Waals surface area contributed by atoms with Gasteiger partial charge in [-0.05, 0) is 87.5 Å². The Hall–Kier alpha value is -8.18. The van der Waals surface area contributed by atoms with Gasteiger partial charge in [0.1, 0.15) is 0 Å². The summed E-state index contributed by atoms with van der Waals surface area (Å²) in [5.41, 5.74) is 10.6. The van der Waals surface area contributed by atoms with Crippen LogP contribution in [0.4, 0.5) is 0 Å². The lowest BCUT2D eigenvalue weighted by Crippen LogP contribution is -2.74. The van der Waals surface area contributed by atoms with Gasteiger partial charge in [0.2, 0.25) is 0 Å². The molecule has 0 N–H and O–H groups in total. The van der Waals surface area contributed by atoms with Crippen molar-refractivity contribution in [2.75, 3.05) is 0 Å². The number of benzene rings is 10. The van der Waals surface area contributed by atoms with E-state index in [0.717, 1.165) is 17.1 Å². The lowest BCUT2D eigenvalue weighted by molar-refractivity contribution is 1.14. The van der Waals surface area contributed by atoms with Crippen molar-refractivity contribution in [2.45, 2.75) is 0 Å². The molecule has 0 aliphatic heterocycles. The fourth-order valence-corrected chi connectivity index (χ4v) is 15.7. The zero-order chi connectivity index (χ0) is 42.2. The predicted molar refractivity (Wildman–Crippen MR) is 273 cm³/mol. The van der Waals surface area contributed by atoms with Crippen molar-refractivity contribution in [2.24, 2.45) is 0 Å². The third-order valence-corrected chi connectivity index (χ3v) is 18.3. The van der Waals surface area contributed by atoms with Gasteiger partial charge in [-0.1, -0.05) is 182 Å². The fourth-order valence-electron chi connectivity index (χ4n) is 10.9. The highest BCUT2D eigenvalue weighted by Crippen LogP contribution is 2.37. The van der Waals surface area contributed by atoms with Crippen LogP contribution in [-0.2, 0) is 0 Å². The predicted octanol–water partition coefficient (Wildman–Crippen LogP) is 12.4. The van der Waals surface area contributed by atoms with Crippen molar-refractivity contribution >= 4 is 94.2 Å². The van der Waals surface area contributed by atoms with E-state index in [0.29, 0.717) is 0 Å². The van der Waals surface area contributed by atoms with Crippen molar-refractivity contribution in [1.29, 1.82) is 0 Å². The smallest absolute Gasteiger partial charge is 0.179 e. The Bertz CT molecular complexity index is 3620. The topological polar surface area (TPSA) is 14.8 Å². The van der Waals surface area contributed by atoms with Crippen molar-refractivity contribution in [3.05, 3.63) is 249 Å². The van der Waals surface area contributed by atoms with Crippen LogP contribution in [0.2, 0.25) is 0 Å². The molecule has 4 heteroatoms. The highest BCUT2D eigenvalue weighted by Gasteiger charge is 2.42. The first kappa shape index (κ1) is 36.5. The number of hydrogen-bond acceptors (Lipinski definition) is 0. The summed E-state index contributed by atoms with van der Waals surface area (Å²) in [6.07, 6.45) is 0. The van der Waals surface area contributed by atoms with E-state index in [1.165, 1.54) is 86.2 Å². The highest BCUT2D eigenvalue weighted by atomic mass is 28.3. The largest absolute Gasteiger partial charge is 0.309 e. The zero-order valence-corrected chi connectivity index (χ0v) is 36.0. The molecule has 0 amide bonds. The van der Waals surface area contributed by atoms with Gasteiger partial charge in [-0.15, -0.1) is 0 Å². The minimum absolute atomic E-state index is 1.14. The maximum atomic E-state index is 2.54. The molecule has 300 valence electrons. The molecule has 13 rings (SSSR count). The van der Waals surface area contributed by atoms with Gasteiger partial charge in [0, 0.05) is 49.4 Å². The quantitative estimate of drug-likeness (QED) is 0.112. The fraction of sp³-hybridized carbons (Fsp3) is 0. The Kier molecular flexibility index (Phi) is 8.23. The minimum atomic E-state index is -3.17. The van der Waals surface area contributed by atoms with Crippen molar-refractivity contribution < 1.29 is 0 Å². The van der Waals surface area contributed by atoms with Gasteiger partial charge in [-0.3, -0.25) is 0 Å². The molecular formula is C60H41N3Si. The number of rotatable bonds is 7. The summed E-state index contributed by atoms with van der Waals surface area (Å²) in [4.78, 5) is 0. The van der Waals surface area contributed by atoms with Gasteiger partial charge in [-0.2, -0.15) is 0 Å². The molecule has 0 saturated heterocycles. The zero-order valence-electron chi connectivity index (χ0n) is 35.0. The number of fused-ring (bicyclic) bond motifs is 9. The van der Waals surface area contributed by atoms with Gasteiger partial charge in [0.15, 0.2) is 8.07 Å². The molecule has 3 aromatic heterocycles. The van der Waals surface area contributed by atoms with E-state index < -0.39 is 8.07 Å². The van der Waals surface area contributed by atoms with Gasteiger partial charge in [0.05, 0.1) is 33.1 Å². The minimum Gasteiger partial charge on any atom is -0.309 e. The van der Waals surface area contributed by atoms with Crippen LogP contribution >= 0.6 is 0 Å². The molecule has 0 atom stereocenters. The number of aromatic nitrogens is 3. The van der Waals surface area contributed by atoms with E-state index in [9.17, 15) is 0 Å². The van der Waals surface area contributed by atoms with E-state index in [1.54, 1.807) is 0 Å². The summed E-state index contributed by atoms with van der Waals surface area (Å²) in [6, 6.07) is 92.7. The van der Waals surface area contributed by atoms with E-state index >= 15 is 0 Å². The first-order chi connectivity index (χ1) is 31.8. The molecule has 0 aliphatic carbocycles. The summed E-state index contributed by atoms with van der Waals surface area (Å²) >= 11 is 0. The van der Waals surface area contributed by atoms with E-state index in [4.69, 9.17) is 0 Å². The number of para-hydroxylation sites is 6. The average molecular weight is 832 g/mol. The SMILES string of the molecule is c1ccc(-n2c3ccccc3c3cc([Si](c4ccccc4)(c4ccccc4)c4cc(-n5c6ccccc6c6ccccc65)cc(-n5c6ccccc6c6ccccc65)c4)ccc32)cc1. The number of nitrogens with zero attached hydrogens (tertiary/aromatic N) is 3. The van der Waals surface area contributed by atoms with E-state index in [1.807, 2.05) is 0 Å². The van der Waals surface area contributed by atoms with Crippen LogP contribution in [0.5, 0.6) is 0 Å². The van der Waals surface area contributed by atoms with Gasteiger partial charge in [0.25, 0.3) is 0 Å². The second kappa shape index (κ2) is 14.5. The van der Waals surface area contributed by atoms with Gasteiger partial charge >= 0.3 is 0 Å².